The molecule has 11 heteroatoms. The van der Waals surface area contributed by atoms with E-state index in [1.54, 1.807) is 48.9 Å². The van der Waals surface area contributed by atoms with Gasteiger partial charge in [0.05, 0.1) is 12.0 Å². The van der Waals surface area contributed by atoms with Crippen LogP contribution in [0, 0.1) is 0 Å². The minimum Gasteiger partial charge on any atom is -0.340 e. The van der Waals surface area contributed by atoms with Gasteiger partial charge in [0.15, 0.2) is 0 Å². The highest BCUT2D eigenvalue weighted by molar-refractivity contribution is 6.30. The summed E-state index contributed by atoms with van der Waals surface area (Å²) in [6, 6.07) is 21.2. The van der Waals surface area contributed by atoms with E-state index < -0.39 is 11.9 Å². The molecule has 194 valence electrons. The summed E-state index contributed by atoms with van der Waals surface area (Å²) >= 11 is 6.17. The minimum absolute atomic E-state index is 0.312. The molecule has 0 saturated heterocycles. The summed E-state index contributed by atoms with van der Waals surface area (Å²) in [6.45, 7) is 0. The predicted octanol–water partition coefficient (Wildman–Crippen LogP) is 3.88. The number of carbonyl (C=O) groups excluding carboxylic acids is 2. The molecular formula is C28H23ClN8O2. The molecule has 5 rings (SSSR count). The van der Waals surface area contributed by atoms with Crippen molar-refractivity contribution in [3.8, 4) is 11.4 Å². The SMILES string of the molecule is O=C(C=Cc1cc(Cl)ccc1-n1cnnn1)NC(Cc1ccccc1)C(=O)Nc1ccc(-n2ccnc2)cc1. The van der Waals surface area contributed by atoms with Gasteiger partial charge >= 0.3 is 0 Å². The molecule has 2 heterocycles. The van der Waals surface area contributed by atoms with Gasteiger partial charge in [-0.1, -0.05) is 41.9 Å². The van der Waals surface area contributed by atoms with Crippen molar-refractivity contribution in [2.45, 2.75) is 12.5 Å². The number of imidazole rings is 1. The van der Waals surface area contributed by atoms with E-state index in [0.717, 1.165) is 11.3 Å². The normalized spacial score (nSPS) is 11.8. The summed E-state index contributed by atoms with van der Waals surface area (Å²) in [6.07, 6.45) is 9.94. The average Bonchev–Trinajstić information content (AvgIpc) is 3.68. The van der Waals surface area contributed by atoms with Crippen LogP contribution < -0.4 is 10.6 Å². The number of anilines is 1. The third-order valence-electron chi connectivity index (χ3n) is 5.85. The van der Waals surface area contributed by atoms with E-state index in [0.29, 0.717) is 28.4 Å². The third kappa shape index (κ3) is 6.62. The van der Waals surface area contributed by atoms with Crippen molar-refractivity contribution in [3.63, 3.8) is 0 Å². The van der Waals surface area contributed by atoms with Gasteiger partial charge in [0, 0.05) is 46.9 Å². The van der Waals surface area contributed by atoms with Crippen LogP contribution in [0.25, 0.3) is 17.5 Å². The maximum atomic E-state index is 13.3. The van der Waals surface area contributed by atoms with E-state index >= 15 is 0 Å². The number of nitrogens with zero attached hydrogens (tertiary/aromatic N) is 6. The van der Waals surface area contributed by atoms with Crippen LogP contribution in [0.15, 0.2) is 104 Å². The Morgan fingerprint density at radius 3 is 2.54 bits per heavy atom. The van der Waals surface area contributed by atoms with Crippen molar-refractivity contribution >= 4 is 35.2 Å². The number of amides is 2. The second kappa shape index (κ2) is 12.0. The molecule has 10 nitrogen and oxygen atoms in total. The van der Waals surface area contributed by atoms with Gasteiger partial charge in [0.1, 0.15) is 12.4 Å². The summed E-state index contributed by atoms with van der Waals surface area (Å²) in [5.41, 5.74) is 3.70. The topological polar surface area (TPSA) is 120 Å². The fraction of sp³-hybridized carbons (Fsp3) is 0.0714. The number of halogens is 1. The smallest absolute Gasteiger partial charge is 0.247 e. The van der Waals surface area contributed by atoms with E-state index in [2.05, 4.69) is 31.1 Å². The number of tetrazole rings is 1. The van der Waals surface area contributed by atoms with Crippen LogP contribution in [0.4, 0.5) is 5.69 Å². The number of nitrogens with one attached hydrogen (secondary N) is 2. The van der Waals surface area contributed by atoms with E-state index in [1.165, 1.54) is 17.1 Å². The third-order valence-corrected chi connectivity index (χ3v) is 6.09. The Balaban J connectivity index is 1.32. The maximum absolute atomic E-state index is 13.3. The molecule has 1 unspecified atom stereocenters. The molecule has 5 aromatic rings. The average molecular weight is 539 g/mol. The van der Waals surface area contributed by atoms with Crippen LogP contribution in [-0.4, -0.2) is 47.6 Å². The Hall–Kier alpha value is -5.09. The Labute approximate surface area is 229 Å². The number of hydrogen-bond acceptors (Lipinski definition) is 6. The van der Waals surface area contributed by atoms with Gasteiger partial charge in [-0.2, -0.15) is 4.68 Å². The Morgan fingerprint density at radius 2 is 1.82 bits per heavy atom. The summed E-state index contributed by atoms with van der Waals surface area (Å²) in [4.78, 5) is 30.3. The minimum atomic E-state index is -0.823. The van der Waals surface area contributed by atoms with Gasteiger partial charge in [-0.3, -0.25) is 9.59 Å². The molecule has 3 aromatic carbocycles. The molecule has 0 aliphatic rings. The molecule has 0 fully saturated rings. The summed E-state index contributed by atoms with van der Waals surface area (Å²) in [5.74, 6) is -0.780. The summed E-state index contributed by atoms with van der Waals surface area (Å²) in [5, 5.41) is 17.4. The number of aromatic nitrogens is 6. The monoisotopic (exact) mass is 538 g/mol. The molecule has 39 heavy (non-hydrogen) atoms. The fourth-order valence-corrected chi connectivity index (χ4v) is 4.12. The first kappa shape index (κ1) is 25.6. The van der Waals surface area contributed by atoms with Crippen molar-refractivity contribution in [3.05, 3.63) is 120 Å². The first-order chi connectivity index (χ1) is 19.0. The van der Waals surface area contributed by atoms with E-state index in [1.807, 2.05) is 53.2 Å². The molecule has 2 N–H and O–H groups in total. The van der Waals surface area contributed by atoms with E-state index in [4.69, 9.17) is 11.6 Å². The first-order valence-corrected chi connectivity index (χ1v) is 12.4. The van der Waals surface area contributed by atoms with Gasteiger partial charge in [0.2, 0.25) is 11.8 Å². The van der Waals surface area contributed by atoms with Gasteiger partial charge in [-0.05, 0) is 64.5 Å². The highest BCUT2D eigenvalue weighted by Crippen LogP contribution is 2.20. The molecular weight excluding hydrogens is 516 g/mol. The molecule has 0 bridgehead atoms. The summed E-state index contributed by atoms with van der Waals surface area (Å²) < 4.78 is 3.33. The molecule has 0 aliphatic carbocycles. The highest BCUT2D eigenvalue weighted by atomic mass is 35.5. The molecule has 0 aliphatic heterocycles. The molecule has 0 radical (unpaired) electrons. The summed E-state index contributed by atoms with van der Waals surface area (Å²) in [7, 11) is 0. The number of benzene rings is 3. The molecule has 1 atom stereocenters. The zero-order valence-electron chi connectivity index (χ0n) is 20.6. The number of rotatable bonds is 9. The molecule has 0 saturated carbocycles. The Kier molecular flexibility index (Phi) is 7.84. The lowest BCUT2D eigenvalue weighted by atomic mass is 10.0. The zero-order valence-corrected chi connectivity index (χ0v) is 21.3. The van der Waals surface area contributed by atoms with Crippen molar-refractivity contribution in [2.75, 3.05) is 5.32 Å². The Morgan fingerprint density at radius 1 is 1.00 bits per heavy atom. The van der Waals surface area contributed by atoms with Crippen LogP contribution in [-0.2, 0) is 16.0 Å². The van der Waals surface area contributed by atoms with Crippen molar-refractivity contribution in [1.29, 1.82) is 0 Å². The standard InChI is InChI=1S/C28H23ClN8O2/c29-22-7-12-26(37-19-31-34-35-37)21(17-22)6-13-27(38)33-25(16-20-4-2-1-3-5-20)28(39)32-23-8-10-24(11-9-23)36-15-14-30-18-36/h1-15,17-19,25H,16H2,(H,32,39)(H,33,38). The maximum Gasteiger partial charge on any atom is 0.247 e. The Bertz CT molecular complexity index is 1570. The number of hydrogen-bond donors (Lipinski definition) is 2. The van der Waals surface area contributed by atoms with Gasteiger partial charge in [-0.25, -0.2) is 4.98 Å². The first-order valence-electron chi connectivity index (χ1n) is 12.0. The lowest BCUT2D eigenvalue weighted by Crippen LogP contribution is -2.44. The van der Waals surface area contributed by atoms with Gasteiger partial charge in [-0.15, -0.1) is 5.10 Å². The van der Waals surface area contributed by atoms with E-state index in [-0.39, 0.29) is 5.91 Å². The zero-order chi connectivity index (χ0) is 27.0. The number of carbonyl (C=O) groups is 2. The predicted molar refractivity (Wildman–Crippen MR) is 147 cm³/mol. The molecule has 0 spiro atoms. The molecule has 2 aromatic heterocycles. The second-order valence-corrected chi connectivity index (χ2v) is 8.98. The highest BCUT2D eigenvalue weighted by Gasteiger charge is 2.21. The fourth-order valence-electron chi connectivity index (χ4n) is 3.94. The van der Waals surface area contributed by atoms with Gasteiger partial charge < -0.3 is 15.2 Å². The van der Waals surface area contributed by atoms with E-state index in [9.17, 15) is 9.59 Å². The van der Waals surface area contributed by atoms with Crippen molar-refractivity contribution in [2.24, 2.45) is 0 Å². The van der Waals surface area contributed by atoms with Crippen LogP contribution in [0.1, 0.15) is 11.1 Å². The second-order valence-electron chi connectivity index (χ2n) is 8.55. The quantitative estimate of drug-likeness (QED) is 0.275. The van der Waals surface area contributed by atoms with Crippen LogP contribution in [0.2, 0.25) is 5.02 Å². The largest absolute Gasteiger partial charge is 0.340 e. The van der Waals surface area contributed by atoms with Crippen LogP contribution >= 0.6 is 11.6 Å². The van der Waals surface area contributed by atoms with Crippen molar-refractivity contribution < 1.29 is 9.59 Å². The van der Waals surface area contributed by atoms with Crippen LogP contribution in [0.5, 0.6) is 0 Å². The van der Waals surface area contributed by atoms with Gasteiger partial charge in [0.25, 0.3) is 0 Å². The van der Waals surface area contributed by atoms with Crippen LogP contribution in [0.3, 0.4) is 0 Å². The lowest BCUT2D eigenvalue weighted by molar-refractivity contribution is -0.123. The van der Waals surface area contributed by atoms with Crippen molar-refractivity contribution in [1.82, 2.24) is 35.1 Å². The lowest BCUT2D eigenvalue weighted by Gasteiger charge is -2.18. The molecule has 2 amide bonds.